The molecule has 2 aliphatic heterocycles. The molecule has 2 fully saturated rings. The lowest BCUT2D eigenvalue weighted by Crippen LogP contribution is -2.49. The van der Waals surface area contributed by atoms with Crippen molar-refractivity contribution in [2.45, 2.75) is 18.9 Å². The highest BCUT2D eigenvalue weighted by Crippen LogP contribution is 2.21. The maximum atomic E-state index is 5.40. The summed E-state index contributed by atoms with van der Waals surface area (Å²) < 4.78 is 5.40. The van der Waals surface area contributed by atoms with Crippen LogP contribution in [-0.4, -0.2) is 114 Å². The van der Waals surface area contributed by atoms with Gasteiger partial charge in [0.2, 0.25) is 5.95 Å². The van der Waals surface area contributed by atoms with Gasteiger partial charge in [-0.2, -0.15) is 0 Å². The lowest BCUT2D eigenvalue weighted by molar-refractivity contribution is 0.0398. The Morgan fingerprint density at radius 1 is 1.06 bits per heavy atom. The monoisotopic (exact) mass is 476 g/mol. The number of allylic oxidation sites excluding steroid dienone is 1. The first-order valence-corrected chi connectivity index (χ1v) is 12.7. The standard InChI is InChI=1S/C26H36N8O/c1-32-12-14-34(15-13-32)23-5-3-22(4-6-23)30-26-28-9-8-24(31-26)21-2-7-25(29-20-21)27-10-11-33-16-18-35-19-17-33/h2-3,5,7-9,20,23H,4,6,10-19H2,1H3,(H,27,29). The second-order valence-electron chi connectivity index (χ2n) is 9.46. The molecule has 2 aromatic rings. The fourth-order valence-electron chi connectivity index (χ4n) is 4.76. The van der Waals surface area contributed by atoms with Gasteiger partial charge in [0.15, 0.2) is 0 Å². The van der Waals surface area contributed by atoms with Crippen LogP contribution in [0.5, 0.6) is 0 Å². The topological polar surface area (TPSA) is 82.0 Å². The first-order chi connectivity index (χ1) is 17.2. The molecular formula is C26H36N8O. The van der Waals surface area contributed by atoms with Crippen LogP contribution < -0.4 is 5.32 Å². The molecule has 2 saturated heterocycles. The van der Waals surface area contributed by atoms with Crippen LogP contribution >= 0.6 is 0 Å². The molecule has 4 heterocycles. The second-order valence-corrected chi connectivity index (χ2v) is 9.46. The number of hydrogen-bond acceptors (Lipinski definition) is 9. The maximum absolute atomic E-state index is 5.40. The highest BCUT2D eigenvalue weighted by atomic mass is 16.5. The summed E-state index contributed by atoms with van der Waals surface area (Å²) in [5.74, 6) is 1.38. The Balaban J connectivity index is 1.16. The number of aromatic nitrogens is 3. The number of nitrogens with one attached hydrogen (secondary N) is 1. The lowest BCUT2D eigenvalue weighted by atomic mass is 9.99. The average molecular weight is 477 g/mol. The molecule has 3 aliphatic rings. The summed E-state index contributed by atoms with van der Waals surface area (Å²) in [6, 6.07) is 6.48. The van der Waals surface area contributed by atoms with Crippen LogP contribution in [0.4, 0.5) is 11.8 Å². The van der Waals surface area contributed by atoms with Crippen molar-refractivity contribution in [2.24, 2.45) is 4.99 Å². The van der Waals surface area contributed by atoms with E-state index in [2.05, 4.69) is 54.2 Å². The third kappa shape index (κ3) is 6.70. The van der Waals surface area contributed by atoms with Crippen LogP contribution in [-0.2, 0) is 4.74 Å². The number of ether oxygens (including phenoxy) is 1. The summed E-state index contributed by atoms with van der Waals surface area (Å²) >= 11 is 0. The Hall–Kier alpha value is -2.72. The van der Waals surface area contributed by atoms with E-state index in [9.17, 15) is 0 Å². The van der Waals surface area contributed by atoms with Crippen molar-refractivity contribution in [1.82, 2.24) is 29.7 Å². The van der Waals surface area contributed by atoms with Gasteiger partial charge in [0.1, 0.15) is 5.82 Å². The number of rotatable bonds is 7. The second kappa shape index (κ2) is 11.8. The van der Waals surface area contributed by atoms with Gasteiger partial charge >= 0.3 is 0 Å². The molecule has 1 aliphatic carbocycles. The Bertz CT molecular complexity index is 1010. The maximum Gasteiger partial charge on any atom is 0.250 e. The van der Waals surface area contributed by atoms with Crippen LogP contribution in [0.3, 0.4) is 0 Å². The summed E-state index contributed by atoms with van der Waals surface area (Å²) in [5.41, 5.74) is 2.84. The normalized spacial score (nSPS) is 23.6. The molecule has 35 heavy (non-hydrogen) atoms. The van der Waals surface area contributed by atoms with E-state index in [1.54, 1.807) is 6.20 Å². The van der Waals surface area contributed by atoms with E-state index in [0.717, 1.165) is 101 Å². The first-order valence-electron chi connectivity index (χ1n) is 12.7. The zero-order valence-electron chi connectivity index (χ0n) is 20.6. The van der Waals surface area contributed by atoms with Crippen molar-refractivity contribution in [1.29, 1.82) is 0 Å². The van der Waals surface area contributed by atoms with E-state index >= 15 is 0 Å². The number of hydrogen-bond donors (Lipinski definition) is 1. The van der Waals surface area contributed by atoms with Crippen LogP contribution in [0.15, 0.2) is 47.7 Å². The number of morpholine rings is 1. The smallest absolute Gasteiger partial charge is 0.250 e. The molecule has 0 bridgehead atoms. The predicted octanol–water partition coefficient (Wildman–Crippen LogP) is 2.32. The summed E-state index contributed by atoms with van der Waals surface area (Å²) in [6.07, 6.45) is 10.1. The van der Waals surface area contributed by atoms with Crippen LogP contribution in [0, 0.1) is 0 Å². The Morgan fingerprint density at radius 2 is 1.91 bits per heavy atom. The molecule has 0 saturated carbocycles. The highest BCUT2D eigenvalue weighted by Gasteiger charge is 2.23. The molecule has 2 aromatic heterocycles. The zero-order valence-corrected chi connectivity index (χ0v) is 20.6. The van der Waals surface area contributed by atoms with Gasteiger partial charge in [-0.25, -0.2) is 19.9 Å². The SMILES string of the molecule is CN1CCN(C2C=CC(=Nc3nccc(-c4ccc(NCCN5CCOCC5)nc4)n3)CC2)CC1. The van der Waals surface area contributed by atoms with Gasteiger partial charge in [0, 0.05) is 82.1 Å². The number of piperazine rings is 1. The zero-order chi connectivity index (χ0) is 23.9. The van der Waals surface area contributed by atoms with Gasteiger partial charge in [-0.1, -0.05) is 6.08 Å². The minimum Gasteiger partial charge on any atom is -0.379 e. The largest absolute Gasteiger partial charge is 0.379 e. The Kier molecular flexibility index (Phi) is 8.10. The van der Waals surface area contributed by atoms with Crippen molar-refractivity contribution >= 4 is 17.5 Å². The summed E-state index contributed by atoms with van der Waals surface area (Å²) in [6.45, 7) is 10.1. The first kappa shape index (κ1) is 24.0. The lowest BCUT2D eigenvalue weighted by Gasteiger charge is -2.37. The van der Waals surface area contributed by atoms with E-state index in [0.29, 0.717) is 12.0 Å². The van der Waals surface area contributed by atoms with Crippen molar-refractivity contribution < 1.29 is 4.74 Å². The summed E-state index contributed by atoms with van der Waals surface area (Å²) in [7, 11) is 2.20. The minimum atomic E-state index is 0.507. The van der Waals surface area contributed by atoms with E-state index in [1.807, 2.05) is 24.4 Å². The highest BCUT2D eigenvalue weighted by molar-refractivity contribution is 5.97. The predicted molar refractivity (Wildman–Crippen MR) is 139 cm³/mol. The summed E-state index contributed by atoms with van der Waals surface area (Å²) in [5, 5.41) is 3.40. The number of aliphatic imine (C=N–C) groups is 1. The Morgan fingerprint density at radius 3 is 2.66 bits per heavy atom. The van der Waals surface area contributed by atoms with Crippen molar-refractivity contribution in [2.75, 3.05) is 77.9 Å². The average Bonchev–Trinajstić information content (AvgIpc) is 2.91. The van der Waals surface area contributed by atoms with E-state index in [4.69, 9.17) is 9.73 Å². The van der Waals surface area contributed by atoms with E-state index < -0.39 is 0 Å². The quantitative estimate of drug-likeness (QED) is 0.652. The van der Waals surface area contributed by atoms with Crippen LogP contribution in [0.2, 0.25) is 0 Å². The van der Waals surface area contributed by atoms with E-state index in [-0.39, 0.29) is 0 Å². The number of anilines is 1. The molecule has 186 valence electrons. The molecular weight excluding hydrogens is 440 g/mol. The molecule has 5 rings (SSSR count). The fourth-order valence-corrected chi connectivity index (χ4v) is 4.76. The summed E-state index contributed by atoms with van der Waals surface area (Å²) in [4.78, 5) is 25.8. The minimum absolute atomic E-state index is 0.507. The molecule has 1 unspecified atom stereocenters. The molecule has 0 radical (unpaired) electrons. The van der Waals surface area contributed by atoms with Crippen molar-refractivity contribution in [3.05, 3.63) is 42.7 Å². The third-order valence-corrected chi connectivity index (χ3v) is 7.00. The number of nitrogens with zero attached hydrogens (tertiary/aromatic N) is 7. The Labute approximate surface area is 207 Å². The van der Waals surface area contributed by atoms with Gasteiger partial charge in [-0.05, 0) is 44.2 Å². The third-order valence-electron chi connectivity index (χ3n) is 7.00. The molecule has 1 N–H and O–H groups in total. The van der Waals surface area contributed by atoms with E-state index in [1.165, 1.54) is 0 Å². The van der Waals surface area contributed by atoms with Crippen LogP contribution in [0.25, 0.3) is 11.3 Å². The van der Waals surface area contributed by atoms with Crippen molar-refractivity contribution in [3.8, 4) is 11.3 Å². The van der Waals surface area contributed by atoms with Crippen LogP contribution in [0.1, 0.15) is 12.8 Å². The van der Waals surface area contributed by atoms with Gasteiger partial charge in [0.25, 0.3) is 0 Å². The van der Waals surface area contributed by atoms with Gasteiger partial charge in [0.05, 0.1) is 18.9 Å². The molecule has 1 atom stereocenters. The number of pyridine rings is 1. The number of likely N-dealkylation sites (N-methyl/N-ethyl adjacent to an activating group) is 1. The molecule has 0 amide bonds. The van der Waals surface area contributed by atoms with Crippen molar-refractivity contribution in [3.63, 3.8) is 0 Å². The molecule has 9 nitrogen and oxygen atoms in total. The van der Waals surface area contributed by atoms with Gasteiger partial charge in [-0.3, -0.25) is 9.80 Å². The van der Waals surface area contributed by atoms with Gasteiger partial charge in [-0.15, -0.1) is 0 Å². The fraction of sp³-hybridized carbons (Fsp3) is 0.538. The molecule has 0 spiro atoms. The van der Waals surface area contributed by atoms with Gasteiger partial charge < -0.3 is 15.0 Å². The molecule has 9 heteroatoms. The molecule has 0 aromatic carbocycles.